The van der Waals surface area contributed by atoms with Crippen molar-refractivity contribution in [3.05, 3.63) is 28.2 Å². The molecule has 0 fully saturated rings. The van der Waals surface area contributed by atoms with Crippen LogP contribution in [0.15, 0.2) is 18.2 Å². The van der Waals surface area contributed by atoms with Gasteiger partial charge in [-0.15, -0.1) is 0 Å². The predicted octanol–water partition coefficient (Wildman–Crippen LogP) is 4.36. The minimum Gasteiger partial charge on any atom is -0.389 e. The van der Waals surface area contributed by atoms with Crippen LogP contribution in [0.25, 0.3) is 0 Å². The number of aliphatic hydroxyl groups is 1. The highest BCUT2D eigenvalue weighted by Crippen LogP contribution is 2.25. The minimum absolute atomic E-state index is 0.338. The van der Waals surface area contributed by atoms with Gasteiger partial charge < -0.3 is 15.2 Å². The Morgan fingerprint density at radius 2 is 2.05 bits per heavy atom. The van der Waals surface area contributed by atoms with E-state index in [1.807, 2.05) is 0 Å². The largest absolute Gasteiger partial charge is 0.389 e. The molecule has 0 aliphatic carbocycles. The van der Waals surface area contributed by atoms with Gasteiger partial charge in [0.05, 0.1) is 23.4 Å². The van der Waals surface area contributed by atoms with Gasteiger partial charge in [-0.05, 0) is 24.6 Å². The summed E-state index contributed by atoms with van der Waals surface area (Å²) < 4.78 is 5.44. The van der Waals surface area contributed by atoms with Gasteiger partial charge in [0.2, 0.25) is 0 Å². The van der Waals surface area contributed by atoms with Crippen LogP contribution in [-0.2, 0) is 4.74 Å². The number of benzene rings is 1. The average Bonchev–Trinajstić information content (AvgIpc) is 2.41. The number of unbranched alkanes of at least 4 members (excludes halogenated alkanes) is 3. The van der Waals surface area contributed by atoms with Crippen LogP contribution in [0, 0.1) is 0 Å². The molecule has 0 aliphatic heterocycles. The second-order valence-corrected chi connectivity index (χ2v) is 5.64. The van der Waals surface area contributed by atoms with E-state index in [9.17, 15) is 5.11 Å². The summed E-state index contributed by atoms with van der Waals surface area (Å²) in [7, 11) is 0. The van der Waals surface area contributed by atoms with E-state index in [4.69, 9.17) is 27.9 Å². The monoisotopic (exact) mass is 319 g/mol. The Balaban J connectivity index is 2.14. The summed E-state index contributed by atoms with van der Waals surface area (Å²) in [5.74, 6) is 0. The van der Waals surface area contributed by atoms with Crippen molar-refractivity contribution in [2.75, 3.05) is 25.1 Å². The van der Waals surface area contributed by atoms with E-state index in [0.717, 1.165) is 12.1 Å². The van der Waals surface area contributed by atoms with Crippen molar-refractivity contribution in [2.24, 2.45) is 0 Å². The lowest BCUT2D eigenvalue weighted by molar-refractivity contribution is 0.0417. The van der Waals surface area contributed by atoms with E-state index in [1.54, 1.807) is 18.2 Å². The maximum Gasteiger partial charge on any atom is 0.0945 e. The molecule has 0 aliphatic rings. The molecule has 114 valence electrons. The van der Waals surface area contributed by atoms with Crippen LogP contribution in [0.2, 0.25) is 10.0 Å². The topological polar surface area (TPSA) is 41.5 Å². The Morgan fingerprint density at radius 1 is 1.25 bits per heavy atom. The van der Waals surface area contributed by atoms with Crippen LogP contribution in [0.5, 0.6) is 0 Å². The van der Waals surface area contributed by atoms with Gasteiger partial charge >= 0.3 is 0 Å². The first-order chi connectivity index (χ1) is 9.63. The van der Waals surface area contributed by atoms with Crippen molar-refractivity contribution in [1.82, 2.24) is 0 Å². The summed E-state index contributed by atoms with van der Waals surface area (Å²) >= 11 is 11.8. The second kappa shape index (κ2) is 10.3. The number of anilines is 1. The lowest BCUT2D eigenvalue weighted by Crippen LogP contribution is -2.25. The zero-order valence-corrected chi connectivity index (χ0v) is 13.4. The number of hydrogen-bond donors (Lipinski definition) is 2. The van der Waals surface area contributed by atoms with Gasteiger partial charge in [-0.1, -0.05) is 49.4 Å². The van der Waals surface area contributed by atoms with Gasteiger partial charge in [-0.25, -0.2) is 0 Å². The van der Waals surface area contributed by atoms with Crippen LogP contribution in [0.3, 0.4) is 0 Å². The molecule has 0 amide bonds. The molecule has 1 atom stereocenters. The molecule has 1 rings (SSSR count). The molecule has 1 unspecified atom stereocenters. The molecule has 0 heterocycles. The lowest BCUT2D eigenvalue weighted by Gasteiger charge is -2.14. The third kappa shape index (κ3) is 7.34. The maximum atomic E-state index is 9.80. The van der Waals surface area contributed by atoms with E-state index < -0.39 is 6.10 Å². The summed E-state index contributed by atoms with van der Waals surface area (Å²) in [4.78, 5) is 0. The van der Waals surface area contributed by atoms with Gasteiger partial charge in [-0.2, -0.15) is 0 Å². The summed E-state index contributed by atoms with van der Waals surface area (Å²) in [5.41, 5.74) is 0.762. The summed E-state index contributed by atoms with van der Waals surface area (Å²) in [6.45, 7) is 3.62. The molecular weight excluding hydrogens is 297 g/mol. The summed E-state index contributed by atoms with van der Waals surface area (Å²) in [5, 5.41) is 14.0. The quantitative estimate of drug-likeness (QED) is 0.629. The fraction of sp³-hybridized carbons (Fsp3) is 0.600. The molecule has 0 spiro atoms. The zero-order valence-electron chi connectivity index (χ0n) is 11.9. The maximum absolute atomic E-state index is 9.80. The fourth-order valence-corrected chi connectivity index (χ4v) is 2.25. The van der Waals surface area contributed by atoms with Crippen molar-refractivity contribution in [3.63, 3.8) is 0 Å². The number of aliphatic hydroxyl groups excluding tert-OH is 1. The molecule has 0 saturated heterocycles. The highest BCUT2D eigenvalue weighted by Gasteiger charge is 2.06. The molecule has 2 N–H and O–H groups in total. The normalized spacial score (nSPS) is 12.4. The van der Waals surface area contributed by atoms with E-state index in [0.29, 0.717) is 29.8 Å². The number of ether oxygens (including phenoxy) is 1. The number of halogens is 2. The van der Waals surface area contributed by atoms with Gasteiger partial charge in [0.25, 0.3) is 0 Å². The number of nitrogens with one attached hydrogen (secondary N) is 1. The third-order valence-corrected chi connectivity index (χ3v) is 3.46. The smallest absolute Gasteiger partial charge is 0.0945 e. The van der Waals surface area contributed by atoms with E-state index >= 15 is 0 Å². The van der Waals surface area contributed by atoms with Crippen molar-refractivity contribution in [2.45, 2.75) is 38.7 Å². The van der Waals surface area contributed by atoms with Crippen LogP contribution in [0.1, 0.15) is 32.6 Å². The van der Waals surface area contributed by atoms with Gasteiger partial charge in [0, 0.05) is 18.2 Å². The number of rotatable bonds is 10. The van der Waals surface area contributed by atoms with Crippen molar-refractivity contribution in [1.29, 1.82) is 0 Å². The molecule has 1 aromatic rings. The van der Waals surface area contributed by atoms with Gasteiger partial charge in [0.1, 0.15) is 0 Å². The second-order valence-electron chi connectivity index (χ2n) is 4.79. The Hall–Kier alpha value is -0.480. The first kappa shape index (κ1) is 17.6. The molecule has 0 aromatic heterocycles. The highest BCUT2D eigenvalue weighted by atomic mass is 35.5. The standard InChI is InChI=1S/C15H23Cl2NO2/c1-2-3-4-5-8-20-11-13(19)10-18-15-7-6-12(16)9-14(15)17/h6-7,9,13,18-19H,2-5,8,10-11H2,1H3. The first-order valence-electron chi connectivity index (χ1n) is 7.08. The van der Waals surface area contributed by atoms with Crippen molar-refractivity contribution >= 4 is 28.9 Å². The van der Waals surface area contributed by atoms with E-state index in [1.165, 1.54) is 19.3 Å². The van der Waals surface area contributed by atoms with E-state index in [2.05, 4.69) is 12.2 Å². The molecule has 0 saturated carbocycles. The van der Waals surface area contributed by atoms with Crippen LogP contribution < -0.4 is 5.32 Å². The van der Waals surface area contributed by atoms with Gasteiger partial charge in [0.15, 0.2) is 0 Å². The minimum atomic E-state index is -0.548. The Labute approximate surface area is 131 Å². The van der Waals surface area contributed by atoms with Gasteiger partial charge in [-0.3, -0.25) is 0 Å². The zero-order chi connectivity index (χ0) is 14.8. The molecule has 3 nitrogen and oxygen atoms in total. The Bertz CT molecular complexity index is 388. The number of hydrogen-bond acceptors (Lipinski definition) is 3. The summed E-state index contributed by atoms with van der Waals surface area (Å²) in [6.07, 6.45) is 4.15. The molecule has 5 heteroatoms. The average molecular weight is 320 g/mol. The van der Waals surface area contributed by atoms with Crippen LogP contribution in [-0.4, -0.2) is 31.0 Å². The van der Waals surface area contributed by atoms with Crippen molar-refractivity contribution in [3.8, 4) is 0 Å². The molecular formula is C15H23Cl2NO2. The molecule has 20 heavy (non-hydrogen) atoms. The van der Waals surface area contributed by atoms with Crippen LogP contribution >= 0.6 is 23.2 Å². The van der Waals surface area contributed by atoms with Crippen LogP contribution in [0.4, 0.5) is 5.69 Å². The molecule has 0 bridgehead atoms. The Kier molecular flexibility index (Phi) is 9.03. The highest BCUT2D eigenvalue weighted by molar-refractivity contribution is 6.36. The summed E-state index contributed by atoms with van der Waals surface area (Å²) in [6, 6.07) is 5.22. The first-order valence-corrected chi connectivity index (χ1v) is 7.83. The predicted molar refractivity (Wildman–Crippen MR) is 85.9 cm³/mol. The lowest BCUT2D eigenvalue weighted by atomic mass is 10.2. The van der Waals surface area contributed by atoms with Crippen molar-refractivity contribution < 1.29 is 9.84 Å². The Morgan fingerprint density at radius 3 is 2.75 bits per heavy atom. The molecule has 1 aromatic carbocycles. The molecule has 0 radical (unpaired) electrons. The third-order valence-electron chi connectivity index (χ3n) is 2.91. The van der Waals surface area contributed by atoms with E-state index in [-0.39, 0.29) is 0 Å². The fourth-order valence-electron chi connectivity index (χ4n) is 1.77. The SMILES string of the molecule is CCCCCCOCC(O)CNc1ccc(Cl)cc1Cl.